The van der Waals surface area contributed by atoms with E-state index in [1.165, 1.54) is 32.7 Å². The first-order chi connectivity index (χ1) is 12.7. The summed E-state index contributed by atoms with van der Waals surface area (Å²) in [5.74, 6) is 1.26. The minimum Gasteiger partial charge on any atom is -0.493 e. The summed E-state index contributed by atoms with van der Waals surface area (Å²) in [7, 11) is 4.61. The number of hydrogen-bond donors (Lipinski definition) is 1. The molecular weight excluding hydrogens is 350 g/mol. The van der Waals surface area contributed by atoms with Crippen LogP contribution in [0.5, 0.6) is 17.2 Å². The first-order valence-corrected chi connectivity index (χ1v) is 8.74. The van der Waals surface area contributed by atoms with Gasteiger partial charge in [-0.3, -0.25) is 4.79 Å². The highest BCUT2D eigenvalue weighted by Crippen LogP contribution is 2.40. The van der Waals surface area contributed by atoms with Crippen LogP contribution in [0, 0.1) is 0 Å². The van der Waals surface area contributed by atoms with Gasteiger partial charge in [0.05, 0.1) is 26.2 Å². The number of methoxy groups -OCH3 is 3. The van der Waals surface area contributed by atoms with Crippen LogP contribution >= 0.6 is 11.3 Å². The van der Waals surface area contributed by atoms with Gasteiger partial charge in [0.15, 0.2) is 11.5 Å². The zero-order valence-electron chi connectivity index (χ0n) is 14.7. The second-order valence-electron chi connectivity index (χ2n) is 5.40. The summed E-state index contributed by atoms with van der Waals surface area (Å²) in [5, 5.41) is 2.88. The molecule has 26 heavy (non-hydrogen) atoms. The molecule has 0 aliphatic heterocycles. The minimum absolute atomic E-state index is 0.188. The number of carbonyl (C=O) groups is 1. The second-order valence-corrected chi connectivity index (χ2v) is 6.48. The van der Waals surface area contributed by atoms with Crippen LogP contribution in [0.4, 0.5) is 5.69 Å². The van der Waals surface area contributed by atoms with Gasteiger partial charge in [-0.1, -0.05) is 30.3 Å². The molecule has 6 heteroatoms. The Morgan fingerprint density at radius 3 is 2.12 bits per heavy atom. The van der Waals surface area contributed by atoms with E-state index < -0.39 is 0 Å². The Balaban J connectivity index is 1.83. The minimum atomic E-state index is -0.188. The van der Waals surface area contributed by atoms with Crippen molar-refractivity contribution >= 4 is 22.9 Å². The number of ether oxygens (including phenoxy) is 3. The van der Waals surface area contributed by atoms with E-state index in [0.717, 1.165) is 10.4 Å². The molecule has 1 aromatic heterocycles. The lowest BCUT2D eigenvalue weighted by Crippen LogP contribution is -2.10. The predicted molar refractivity (Wildman–Crippen MR) is 104 cm³/mol. The summed E-state index contributed by atoms with van der Waals surface area (Å²) in [5.41, 5.74) is 1.66. The number of rotatable bonds is 6. The van der Waals surface area contributed by atoms with Gasteiger partial charge >= 0.3 is 0 Å². The van der Waals surface area contributed by atoms with Crippen molar-refractivity contribution in [2.45, 2.75) is 0 Å². The molecule has 1 amide bonds. The highest BCUT2D eigenvalue weighted by molar-refractivity contribution is 7.17. The highest BCUT2D eigenvalue weighted by Gasteiger charge is 2.16. The van der Waals surface area contributed by atoms with Crippen molar-refractivity contribution < 1.29 is 19.0 Å². The summed E-state index contributed by atoms with van der Waals surface area (Å²) in [4.78, 5) is 14.3. The topological polar surface area (TPSA) is 56.8 Å². The third-order valence-electron chi connectivity index (χ3n) is 3.81. The van der Waals surface area contributed by atoms with E-state index in [9.17, 15) is 4.79 Å². The fraction of sp³-hybridized carbons (Fsp3) is 0.150. The fourth-order valence-electron chi connectivity index (χ4n) is 2.56. The molecule has 0 aliphatic carbocycles. The summed E-state index contributed by atoms with van der Waals surface area (Å²) in [6.07, 6.45) is 0. The maximum absolute atomic E-state index is 12.6. The quantitative estimate of drug-likeness (QED) is 0.685. The number of thiophene rings is 1. The second kappa shape index (κ2) is 7.93. The molecule has 0 fully saturated rings. The summed E-state index contributed by atoms with van der Waals surface area (Å²) in [6, 6.07) is 17.1. The van der Waals surface area contributed by atoms with Crippen LogP contribution in [-0.4, -0.2) is 27.2 Å². The van der Waals surface area contributed by atoms with Gasteiger partial charge in [0.25, 0.3) is 5.91 Å². The van der Waals surface area contributed by atoms with Crippen LogP contribution < -0.4 is 19.5 Å². The Bertz CT molecular complexity index is 880. The number of hydrogen-bond acceptors (Lipinski definition) is 5. The molecule has 3 aromatic rings. The first kappa shape index (κ1) is 17.8. The maximum atomic E-state index is 12.6. The van der Waals surface area contributed by atoms with E-state index in [2.05, 4.69) is 5.32 Å². The molecule has 1 heterocycles. The monoisotopic (exact) mass is 369 g/mol. The third kappa shape index (κ3) is 3.65. The SMILES string of the molecule is COc1cc(NC(=O)c2ccc(-c3ccccc3)s2)cc(OC)c1OC. The van der Waals surface area contributed by atoms with Crippen molar-refractivity contribution in [3.8, 4) is 27.7 Å². The van der Waals surface area contributed by atoms with E-state index in [0.29, 0.717) is 27.8 Å². The van der Waals surface area contributed by atoms with E-state index in [4.69, 9.17) is 14.2 Å². The van der Waals surface area contributed by atoms with E-state index in [1.807, 2.05) is 42.5 Å². The molecule has 0 unspecified atom stereocenters. The van der Waals surface area contributed by atoms with Crippen LogP contribution in [0.2, 0.25) is 0 Å². The summed E-state index contributed by atoms with van der Waals surface area (Å²) in [6.45, 7) is 0. The largest absolute Gasteiger partial charge is 0.493 e. The average Bonchev–Trinajstić information content (AvgIpc) is 3.18. The number of carbonyl (C=O) groups excluding carboxylic acids is 1. The lowest BCUT2D eigenvalue weighted by atomic mass is 10.2. The molecule has 0 aliphatic rings. The standard InChI is InChI=1S/C20H19NO4S/c1-23-15-11-14(12-16(24-2)19(15)25-3)21-20(22)18-10-9-17(26-18)13-7-5-4-6-8-13/h4-12H,1-3H3,(H,21,22). The molecule has 5 nitrogen and oxygen atoms in total. The van der Waals surface area contributed by atoms with E-state index in [-0.39, 0.29) is 5.91 Å². The van der Waals surface area contributed by atoms with Gasteiger partial charge in [0.1, 0.15) is 0 Å². The van der Waals surface area contributed by atoms with Gasteiger partial charge in [-0.05, 0) is 17.7 Å². The number of anilines is 1. The van der Waals surface area contributed by atoms with E-state index in [1.54, 1.807) is 12.1 Å². The molecule has 0 saturated carbocycles. The number of benzene rings is 2. The zero-order chi connectivity index (χ0) is 18.5. The van der Waals surface area contributed by atoms with Crippen LogP contribution in [0.15, 0.2) is 54.6 Å². The summed E-state index contributed by atoms with van der Waals surface area (Å²) >= 11 is 1.44. The van der Waals surface area contributed by atoms with Crippen LogP contribution in [-0.2, 0) is 0 Å². The van der Waals surface area contributed by atoms with Gasteiger partial charge in [-0.25, -0.2) is 0 Å². The van der Waals surface area contributed by atoms with Gasteiger partial charge in [-0.2, -0.15) is 0 Å². The predicted octanol–water partition coefficient (Wildman–Crippen LogP) is 4.69. The number of amides is 1. The van der Waals surface area contributed by atoms with Crippen molar-refractivity contribution in [3.63, 3.8) is 0 Å². The highest BCUT2D eigenvalue weighted by atomic mass is 32.1. The lowest BCUT2D eigenvalue weighted by Gasteiger charge is -2.14. The molecule has 0 bridgehead atoms. The van der Waals surface area contributed by atoms with Gasteiger partial charge in [0.2, 0.25) is 5.75 Å². The Morgan fingerprint density at radius 2 is 1.54 bits per heavy atom. The third-order valence-corrected chi connectivity index (χ3v) is 4.94. The van der Waals surface area contributed by atoms with Gasteiger partial charge in [-0.15, -0.1) is 11.3 Å². The van der Waals surface area contributed by atoms with Gasteiger partial charge in [0, 0.05) is 22.7 Å². The van der Waals surface area contributed by atoms with E-state index >= 15 is 0 Å². The average molecular weight is 369 g/mol. The van der Waals surface area contributed by atoms with Crippen molar-refractivity contribution in [3.05, 3.63) is 59.5 Å². The van der Waals surface area contributed by atoms with Gasteiger partial charge < -0.3 is 19.5 Å². The van der Waals surface area contributed by atoms with Crippen LogP contribution in [0.25, 0.3) is 10.4 Å². The molecule has 0 radical (unpaired) electrons. The molecule has 0 atom stereocenters. The Hall–Kier alpha value is -2.99. The van der Waals surface area contributed by atoms with Crippen molar-refractivity contribution in [2.24, 2.45) is 0 Å². The van der Waals surface area contributed by atoms with Crippen LogP contribution in [0.1, 0.15) is 9.67 Å². The Morgan fingerprint density at radius 1 is 0.885 bits per heavy atom. The Kier molecular flexibility index (Phi) is 5.43. The first-order valence-electron chi connectivity index (χ1n) is 7.93. The molecule has 134 valence electrons. The lowest BCUT2D eigenvalue weighted by molar-refractivity contribution is 0.103. The normalized spacial score (nSPS) is 10.3. The molecule has 2 aromatic carbocycles. The fourth-order valence-corrected chi connectivity index (χ4v) is 3.47. The molecule has 1 N–H and O–H groups in total. The Labute approximate surface area is 156 Å². The van der Waals surface area contributed by atoms with Crippen LogP contribution in [0.3, 0.4) is 0 Å². The van der Waals surface area contributed by atoms with Crippen molar-refractivity contribution in [1.29, 1.82) is 0 Å². The summed E-state index contributed by atoms with van der Waals surface area (Å²) < 4.78 is 15.9. The molecule has 0 spiro atoms. The smallest absolute Gasteiger partial charge is 0.265 e. The van der Waals surface area contributed by atoms with Crippen molar-refractivity contribution in [2.75, 3.05) is 26.6 Å². The maximum Gasteiger partial charge on any atom is 0.265 e. The molecular formula is C20H19NO4S. The molecule has 0 saturated heterocycles. The van der Waals surface area contributed by atoms with Crippen molar-refractivity contribution in [1.82, 2.24) is 0 Å². The number of nitrogens with one attached hydrogen (secondary N) is 1. The molecule has 3 rings (SSSR count). The zero-order valence-corrected chi connectivity index (χ0v) is 15.6.